The molecule has 1 heterocycles. The Morgan fingerprint density at radius 2 is 1.79 bits per heavy atom. The molecule has 3 rings (SSSR count). The minimum absolute atomic E-state index is 0.0283. The number of aryl methyl sites for hydroxylation is 2. The fourth-order valence-electron chi connectivity index (χ4n) is 3.56. The van der Waals surface area contributed by atoms with Crippen molar-refractivity contribution in [2.75, 3.05) is 26.8 Å². The minimum Gasteiger partial charge on any atom is -0.496 e. The van der Waals surface area contributed by atoms with Gasteiger partial charge in [0.25, 0.3) is 11.8 Å². The van der Waals surface area contributed by atoms with E-state index in [-0.39, 0.29) is 24.5 Å². The number of benzene rings is 2. The van der Waals surface area contributed by atoms with Gasteiger partial charge in [0.05, 0.1) is 12.7 Å². The number of amides is 2. The van der Waals surface area contributed by atoms with Gasteiger partial charge in [-0.1, -0.05) is 29.8 Å². The molecule has 0 unspecified atom stereocenters. The molecule has 154 valence electrons. The van der Waals surface area contributed by atoms with Gasteiger partial charge in [-0.25, -0.2) is 0 Å². The number of rotatable bonds is 6. The van der Waals surface area contributed by atoms with Crippen LogP contribution in [0.15, 0.2) is 42.5 Å². The number of likely N-dealkylation sites (tertiary alicyclic amines) is 1. The molecule has 2 aromatic rings. The number of piperidine rings is 1. The van der Waals surface area contributed by atoms with Crippen molar-refractivity contribution in [2.45, 2.75) is 32.7 Å². The average molecular weight is 396 g/mol. The normalized spacial score (nSPS) is 14.4. The summed E-state index contributed by atoms with van der Waals surface area (Å²) < 4.78 is 11.0. The van der Waals surface area contributed by atoms with Gasteiger partial charge in [-0.3, -0.25) is 9.59 Å². The molecule has 0 aromatic heterocycles. The van der Waals surface area contributed by atoms with Crippen LogP contribution < -0.4 is 14.8 Å². The highest BCUT2D eigenvalue weighted by Crippen LogP contribution is 2.20. The Hall–Kier alpha value is -3.02. The van der Waals surface area contributed by atoms with Crippen LogP contribution in [0.5, 0.6) is 11.5 Å². The molecule has 1 fully saturated rings. The molecule has 1 N–H and O–H groups in total. The monoisotopic (exact) mass is 396 g/mol. The van der Waals surface area contributed by atoms with Crippen molar-refractivity contribution >= 4 is 11.8 Å². The van der Waals surface area contributed by atoms with E-state index >= 15 is 0 Å². The zero-order valence-corrected chi connectivity index (χ0v) is 17.2. The molecule has 2 aromatic carbocycles. The highest BCUT2D eigenvalue weighted by molar-refractivity contribution is 5.97. The molecule has 0 aliphatic carbocycles. The SMILES string of the molecule is COc1ccccc1C(=O)NC1CCN(C(=O)COc2ccc(C)cc2C)CC1. The standard InChI is InChI=1S/C23H28N2O4/c1-16-8-9-20(17(2)14-16)29-15-22(26)25-12-10-18(11-13-25)24-23(27)19-6-4-5-7-21(19)28-3/h4-9,14,18H,10-13,15H2,1-3H3,(H,24,27). The lowest BCUT2D eigenvalue weighted by Crippen LogP contribution is -2.47. The van der Waals surface area contributed by atoms with Crippen molar-refractivity contribution in [3.63, 3.8) is 0 Å². The molecule has 0 saturated carbocycles. The van der Waals surface area contributed by atoms with Gasteiger partial charge < -0.3 is 19.7 Å². The number of nitrogens with zero attached hydrogens (tertiary/aromatic N) is 1. The lowest BCUT2D eigenvalue weighted by atomic mass is 10.0. The van der Waals surface area contributed by atoms with Crippen molar-refractivity contribution in [1.29, 1.82) is 0 Å². The van der Waals surface area contributed by atoms with E-state index in [1.807, 2.05) is 44.2 Å². The van der Waals surface area contributed by atoms with E-state index in [2.05, 4.69) is 5.32 Å². The number of ether oxygens (including phenoxy) is 2. The summed E-state index contributed by atoms with van der Waals surface area (Å²) in [7, 11) is 1.55. The molecule has 2 amide bonds. The van der Waals surface area contributed by atoms with Crippen LogP contribution in [0, 0.1) is 13.8 Å². The van der Waals surface area contributed by atoms with Gasteiger partial charge in [-0.2, -0.15) is 0 Å². The third-order valence-corrected chi connectivity index (χ3v) is 5.22. The van der Waals surface area contributed by atoms with Crippen LogP contribution in [0.25, 0.3) is 0 Å². The topological polar surface area (TPSA) is 67.9 Å². The summed E-state index contributed by atoms with van der Waals surface area (Å²) in [5, 5.41) is 3.05. The second-order valence-corrected chi connectivity index (χ2v) is 7.39. The van der Waals surface area contributed by atoms with Gasteiger partial charge in [0.1, 0.15) is 11.5 Å². The van der Waals surface area contributed by atoms with Gasteiger partial charge in [0.15, 0.2) is 6.61 Å². The fourth-order valence-corrected chi connectivity index (χ4v) is 3.56. The van der Waals surface area contributed by atoms with Crippen molar-refractivity contribution in [3.8, 4) is 11.5 Å². The van der Waals surface area contributed by atoms with Gasteiger partial charge in [-0.05, 0) is 50.5 Å². The molecule has 6 heteroatoms. The summed E-state index contributed by atoms with van der Waals surface area (Å²) in [6.45, 7) is 5.24. The Bertz CT molecular complexity index is 873. The first kappa shape index (κ1) is 20.7. The average Bonchev–Trinajstić information content (AvgIpc) is 2.73. The number of carbonyl (C=O) groups excluding carboxylic acids is 2. The predicted molar refractivity (Wildman–Crippen MR) is 111 cm³/mol. The second kappa shape index (κ2) is 9.45. The van der Waals surface area contributed by atoms with Crippen LogP contribution in [0.1, 0.15) is 34.3 Å². The third-order valence-electron chi connectivity index (χ3n) is 5.22. The molecule has 29 heavy (non-hydrogen) atoms. The van der Waals surface area contributed by atoms with Crippen LogP contribution in [0.2, 0.25) is 0 Å². The number of hydrogen-bond donors (Lipinski definition) is 1. The molecule has 1 aliphatic heterocycles. The first-order valence-electron chi connectivity index (χ1n) is 9.89. The highest BCUT2D eigenvalue weighted by Gasteiger charge is 2.25. The summed E-state index contributed by atoms with van der Waals surface area (Å²) >= 11 is 0. The highest BCUT2D eigenvalue weighted by atomic mass is 16.5. The zero-order chi connectivity index (χ0) is 20.8. The predicted octanol–water partition coefficient (Wildman–Crippen LogP) is 3.11. The molecule has 1 saturated heterocycles. The third kappa shape index (κ3) is 5.28. The molecule has 0 spiro atoms. The largest absolute Gasteiger partial charge is 0.496 e. The fraction of sp³-hybridized carbons (Fsp3) is 0.391. The lowest BCUT2D eigenvalue weighted by molar-refractivity contribution is -0.134. The van der Waals surface area contributed by atoms with Gasteiger partial charge >= 0.3 is 0 Å². The van der Waals surface area contributed by atoms with Crippen molar-refractivity contribution in [2.24, 2.45) is 0 Å². The number of nitrogens with one attached hydrogen (secondary N) is 1. The summed E-state index contributed by atoms with van der Waals surface area (Å²) in [5.74, 6) is 1.12. The Labute approximate surface area is 171 Å². The van der Waals surface area contributed by atoms with E-state index in [1.165, 1.54) is 5.56 Å². The van der Waals surface area contributed by atoms with E-state index in [9.17, 15) is 9.59 Å². The van der Waals surface area contributed by atoms with E-state index in [0.717, 1.165) is 24.2 Å². The van der Waals surface area contributed by atoms with Gasteiger partial charge in [0.2, 0.25) is 0 Å². The Morgan fingerprint density at radius 3 is 2.48 bits per heavy atom. The van der Waals surface area contributed by atoms with Crippen molar-refractivity contribution < 1.29 is 19.1 Å². The Balaban J connectivity index is 1.47. The molecule has 0 bridgehead atoms. The van der Waals surface area contributed by atoms with Crippen molar-refractivity contribution in [3.05, 3.63) is 59.2 Å². The maximum absolute atomic E-state index is 12.5. The quantitative estimate of drug-likeness (QED) is 0.815. The van der Waals surface area contributed by atoms with Crippen LogP contribution in [-0.2, 0) is 4.79 Å². The van der Waals surface area contributed by atoms with Crippen LogP contribution in [0.3, 0.4) is 0 Å². The van der Waals surface area contributed by atoms with E-state index in [1.54, 1.807) is 24.1 Å². The zero-order valence-electron chi connectivity index (χ0n) is 17.2. The first-order chi connectivity index (χ1) is 14.0. The molecule has 6 nitrogen and oxygen atoms in total. The maximum Gasteiger partial charge on any atom is 0.260 e. The maximum atomic E-state index is 12.5. The number of methoxy groups -OCH3 is 1. The molecular formula is C23H28N2O4. The van der Waals surface area contributed by atoms with E-state index in [4.69, 9.17) is 9.47 Å². The van der Waals surface area contributed by atoms with Crippen LogP contribution in [0.4, 0.5) is 0 Å². The van der Waals surface area contributed by atoms with Gasteiger partial charge in [-0.15, -0.1) is 0 Å². The van der Waals surface area contributed by atoms with Crippen molar-refractivity contribution in [1.82, 2.24) is 10.2 Å². The smallest absolute Gasteiger partial charge is 0.260 e. The Morgan fingerprint density at radius 1 is 1.07 bits per heavy atom. The molecule has 0 atom stereocenters. The summed E-state index contributed by atoms with van der Waals surface area (Å²) in [4.78, 5) is 26.8. The lowest BCUT2D eigenvalue weighted by Gasteiger charge is -2.32. The second-order valence-electron chi connectivity index (χ2n) is 7.39. The number of para-hydroxylation sites is 1. The number of hydrogen-bond acceptors (Lipinski definition) is 4. The first-order valence-corrected chi connectivity index (χ1v) is 9.89. The molecular weight excluding hydrogens is 368 g/mol. The summed E-state index contributed by atoms with van der Waals surface area (Å²) in [6, 6.07) is 13.1. The van der Waals surface area contributed by atoms with Gasteiger partial charge in [0, 0.05) is 19.1 Å². The molecule has 0 radical (unpaired) electrons. The minimum atomic E-state index is -0.148. The van der Waals surface area contributed by atoms with E-state index < -0.39 is 0 Å². The summed E-state index contributed by atoms with van der Waals surface area (Å²) in [5.41, 5.74) is 2.71. The van der Waals surface area contributed by atoms with E-state index in [0.29, 0.717) is 24.4 Å². The summed E-state index contributed by atoms with van der Waals surface area (Å²) in [6.07, 6.45) is 1.44. The number of carbonyl (C=O) groups is 2. The molecule has 1 aliphatic rings. The van der Waals surface area contributed by atoms with Crippen LogP contribution >= 0.6 is 0 Å². The van der Waals surface area contributed by atoms with Crippen LogP contribution in [-0.4, -0.2) is 49.6 Å². The Kier molecular flexibility index (Phi) is 6.75.